The van der Waals surface area contributed by atoms with E-state index in [1.807, 2.05) is 11.2 Å². The number of hydrogen-bond donors (Lipinski definition) is 2. The summed E-state index contributed by atoms with van der Waals surface area (Å²) in [4.78, 5) is 3.24. The molecule has 2 heterocycles. The highest BCUT2D eigenvalue weighted by atomic mass is 15.4. The first-order valence-electron chi connectivity index (χ1n) is 4.01. The van der Waals surface area contributed by atoms with Gasteiger partial charge in [0.2, 0.25) is 0 Å². The van der Waals surface area contributed by atoms with E-state index in [0.29, 0.717) is 0 Å². The maximum Gasteiger partial charge on any atom is 0.0193 e. The summed E-state index contributed by atoms with van der Waals surface area (Å²) in [7, 11) is 0. The van der Waals surface area contributed by atoms with Gasteiger partial charge in [-0.05, 0) is 18.1 Å². The Morgan fingerprint density at radius 1 is 1.36 bits per heavy atom. The van der Waals surface area contributed by atoms with Crippen molar-refractivity contribution in [1.82, 2.24) is 9.99 Å². The molecule has 0 bridgehead atoms. The van der Waals surface area contributed by atoms with Gasteiger partial charge in [-0.2, -0.15) is 0 Å². The SMILES string of the molecule is NN1CCc2cc[nH]c2CC1. The second kappa shape index (κ2) is 2.68. The zero-order chi connectivity index (χ0) is 7.68. The molecule has 2 rings (SSSR count). The Morgan fingerprint density at radius 2 is 2.18 bits per heavy atom. The smallest absolute Gasteiger partial charge is 0.0193 e. The molecule has 0 unspecified atom stereocenters. The van der Waals surface area contributed by atoms with Gasteiger partial charge >= 0.3 is 0 Å². The highest BCUT2D eigenvalue weighted by Gasteiger charge is 2.10. The van der Waals surface area contributed by atoms with Crippen LogP contribution < -0.4 is 5.84 Å². The minimum atomic E-state index is 0.966. The molecule has 3 heteroatoms. The lowest BCUT2D eigenvalue weighted by Crippen LogP contribution is -2.33. The highest BCUT2D eigenvalue weighted by Crippen LogP contribution is 2.11. The van der Waals surface area contributed by atoms with Gasteiger partial charge in [0, 0.05) is 31.4 Å². The number of fused-ring (bicyclic) bond motifs is 1. The van der Waals surface area contributed by atoms with E-state index in [1.54, 1.807) is 0 Å². The molecule has 0 amide bonds. The van der Waals surface area contributed by atoms with Crippen LogP contribution in [0.4, 0.5) is 0 Å². The molecule has 1 aromatic heterocycles. The minimum absolute atomic E-state index is 0.966. The molecular formula is C8H13N3. The molecule has 1 aromatic rings. The Morgan fingerprint density at radius 3 is 3.09 bits per heavy atom. The van der Waals surface area contributed by atoms with Crippen molar-refractivity contribution in [1.29, 1.82) is 0 Å². The zero-order valence-electron chi connectivity index (χ0n) is 6.51. The van der Waals surface area contributed by atoms with Gasteiger partial charge in [0.25, 0.3) is 0 Å². The third-order valence-electron chi connectivity index (χ3n) is 2.25. The van der Waals surface area contributed by atoms with Crippen molar-refractivity contribution >= 4 is 0 Å². The average Bonchev–Trinajstić information content (AvgIpc) is 2.38. The van der Waals surface area contributed by atoms with Crippen molar-refractivity contribution in [2.75, 3.05) is 13.1 Å². The van der Waals surface area contributed by atoms with E-state index < -0.39 is 0 Å². The predicted octanol–water partition coefficient (Wildman–Crippen LogP) is 0.289. The molecular weight excluding hydrogens is 138 g/mol. The van der Waals surface area contributed by atoms with Gasteiger partial charge in [-0.1, -0.05) is 0 Å². The lowest BCUT2D eigenvalue weighted by atomic mass is 10.2. The van der Waals surface area contributed by atoms with Crippen molar-refractivity contribution in [2.45, 2.75) is 12.8 Å². The molecule has 0 saturated carbocycles. The number of nitrogens with two attached hydrogens (primary N) is 1. The fourth-order valence-corrected chi connectivity index (χ4v) is 1.53. The summed E-state index contributed by atoms with van der Waals surface area (Å²) in [6.45, 7) is 1.94. The lowest BCUT2D eigenvalue weighted by molar-refractivity contribution is 0.298. The Kier molecular flexibility index (Phi) is 1.68. The summed E-state index contributed by atoms with van der Waals surface area (Å²) in [6.07, 6.45) is 4.14. The maximum atomic E-state index is 5.69. The van der Waals surface area contributed by atoms with E-state index in [2.05, 4.69) is 11.1 Å². The zero-order valence-corrected chi connectivity index (χ0v) is 6.51. The van der Waals surface area contributed by atoms with E-state index in [0.717, 1.165) is 25.9 Å². The van der Waals surface area contributed by atoms with E-state index in [9.17, 15) is 0 Å². The number of rotatable bonds is 0. The minimum Gasteiger partial charge on any atom is -0.365 e. The van der Waals surface area contributed by atoms with Crippen LogP contribution in [-0.4, -0.2) is 23.1 Å². The molecule has 0 radical (unpaired) electrons. The fourth-order valence-electron chi connectivity index (χ4n) is 1.53. The third kappa shape index (κ3) is 1.29. The van der Waals surface area contributed by atoms with Crippen molar-refractivity contribution in [3.05, 3.63) is 23.5 Å². The molecule has 60 valence electrons. The Bertz CT molecular complexity index is 219. The Labute approximate surface area is 66.2 Å². The van der Waals surface area contributed by atoms with Crippen LogP contribution in [0.5, 0.6) is 0 Å². The van der Waals surface area contributed by atoms with Crippen molar-refractivity contribution in [3.63, 3.8) is 0 Å². The van der Waals surface area contributed by atoms with Crippen LogP contribution in [0.1, 0.15) is 11.3 Å². The molecule has 0 aliphatic carbocycles. The van der Waals surface area contributed by atoms with Crippen LogP contribution in [0.3, 0.4) is 0 Å². The summed E-state index contributed by atoms with van der Waals surface area (Å²) >= 11 is 0. The first-order chi connectivity index (χ1) is 5.36. The van der Waals surface area contributed by atoms with Crippen LogP contribution in [-0.2, 0) is 12.8 Å². The molecule has 3 N–H and O–H groups in total. The number of hydrogen-bond acceptors (Lipinski definition) is 2. The molecule has 1 aliphatic rings. The lowest BCUT2D eigenvalue weighted by Gasteiger charge is -2.10. The van der Waals surface area contributed by atoms with Gasteiger partial charge in [0.05, 0.1) is 0 Å². The van der Waals surface area contributed by atoms with E-state index in [4.69, 9.17) is 5.84 Å². The van der Waals surface area contributed by atoms with Gasteiger partial charge in [0.15, 0.2) is 0 Å². The van der Waals surface area contributed by atoms with E-state index in [1.165, 1.54) is 11.3 Å². The molecule has 3 nitrogen and oxygen atoms in total. The first kappa shape index (κ1) is 6.88. The summed E-state index contributed by atoms with van der Waals surface area (Å²) in [6, 6.07) is 2.15. The normalized spacial score (nSPS) is 19.4. The van der Waals surface area contributed by atoms with Gasteiger partial charge in [-0.25, -0.2) is 5.01 Å². The highest BCUT2D eigenvalue weighted by molar-refractivity contribution is 5.22. The van der Waals surface area contributed by atoms with Crippen LogP contribution in [0.25, 0.3) is 0 Å². The molecule has 11 heavy (non-hydrogen) atoms. The molecule has 0 fully saturated rings. The molecule has 0 saturated heterocycles. The predicted molar refractivity (Wildman–Crippen MR) is 44.0 cm³/mol. The molecule has 0 atom stereocenters. The molecule has 0 aromatic carbocycles. The van der Waals surface area contributed by atoms with E-state index in [-0.39, 0.29) is 0 Å². The number of H-pyrrole nitrogens is 1. The monoisotopic (exact) mass is 151 g/mol. The maximum absolute atomic E-state index is 5.69. The van der Waals surface area contributed by atoms with Crippen LogP contribution in [0, 0.1) is 0 Å². The van der Waals surface area contributed by atoms with E-state index >= 15 is 0 Å². The Balaban J connectivity index is 2.20. The van der Waals surface area contributed by atoms with Crippen molar-refractivity contribution < 1.29 is 0 Å². The van der Waals surface area contributed by atoms with Crippen LogP contribution in [0.2, 0.25) is 0 Å². The number of aromatic amines is 1. The van der Waals surface area contributed by atoms with Gasteiger partial charge < -0.3 is 4.98 Å². The summed E-state index contributed by atoms with van der Waals surface area (Å²) in [5.41, 5.74) is 2.79. The first-order valence-corrected chi connectivity index (χ1v) is 4.01. The van der Waals surface area contributed by atoms with Gasteiger partial charge in [0.1, 0.15) is 0 Å². The quantitative estimate of drug-likeness (QED) is 0.523. The largest absolute Gasteiger partial charge is 0.365 e. The van der Waals surface area contributed by atoms with Gasteiger partial charge in [-0.15, -0.1) is 0 Å². The number of nitrogens with one attached hydrogen (secondary N) is 1. The topological polar surface area (TPSA) is 45.0 Å². The standard InChI is InChI=1S/C8H13N3/c9-11-5-2-7-1-4-10-8(7)3-6-11/h1,4,10H,2-3,5-6,9H2. The average molecular weight is 151 g/mol. The van der Waals surface area contributed by atoms with Crippen LogP contribution >= 0.6 is 0 Å². The van der Waals surface area contributed by atoms with Crippen molar-refractivity contribution in [3.8, 4) is 0 Å². The molecule has 0 spiro atoms. The second-order valence-corrected chi connectivity index (χ2v) is 3.02. The second-order valence-electron chi connectivity index (χ2n) is 3.02. The Hall–Kier alpha value is -0.800. The third-order valence-corrected chi connectivity index (χ3v) is 2.25. The summed E-state index contributed by atoms with van der Waals surface area (Å²) in [5, 5.41) is 1.88. The molecule has 1 aliphatic heterocycles. The number of nitrogens with zero attached hydrogens (tertiary/aromatic N) is 1. The van der Waals surface area contributed by atoms with Gasteiger partial charge in [-0.3, -0.25) is 5.84 Å². The number of aromatic nitrogens is 1. The fraction of sp³-hybridized carbons (Fsp3) is 0.500. The number of hydrazine groups is 1. The summed E-state index contributed by atoms with van der Waals surface area (Å²) < 4.78 is 0. The van der Waals surface area contributed by atoms with Crippen LogP contribution in [0.15, 0.2) is 12.3 Å². The summed E-state index contributed by atoms with van der Waals surface area (Å²) in [5.74, 6) is 5.69. The van der Waals surface area contributed by atoms with Crippen molar-refractivity contribution in [2.24, 2.45) is 5.84 Å².